The SMILES string of the molecule is O=C(COC(=O)c1ccc(F)cc1)Nc1ccc2[nH]c(=O)[nH]c2c1. The minimum absolute atomic E-state index is 0.149. The number of fused-ring (bicyclic) bond motifs is 1. The average Bonchev–Trinajstić information content (AvgIpc) is 2.92. The van der Waals surface area contributed by atoms with Gasteiger partial charge in [-0.1, -0.05) is 0 Å². The highest BCUT2D eigenvalue weighted by Crippen LogP contribution is 2.14. The molecular weight excluding hydrogens is 317 g/mol. The van der Waals surface area contributed by atoms with Crippen LogP contribution in [0.2, 0.25) is 0 Å². The van der Waals surface area contributed by atoms with Gasteiger partial charge < -0.3 is 20.0 Å². The van der Waals surface area contributed by atoms with Crippen molar-refractivity contribution in [1.82, 2.24) is 9.97 Å². The molecule has 1 amide bonds. The number of carbonyl (C=O) groups is 2. The van der Waals surface area contributed by atoms with Crippen LogP contribution >= 0.6 is 0 Å². The highest BCUT2D eigenvalue weighted by molar-refractivity contribution is 5.96. The third-order valence-electron chi connectivity index (χ3n) is 3.21. The van der Waals surface area contributed by atoms with Gasteiger partial charge in [-0.2, -0.15) is 0 Å². The van der Waals surface area contributed by atoms with E-state index >= 15 is 0 Å². The molecule has 8 heteroatoms. The van der Waals surface area contributed by atoms with Crippen LogP contribution in [-0.2, 0) is 9.53 Å². The predicted octanol–water partition coefficient (Wildman–Crippen LogP) is 1.79. The zero-order valence-corrected chi connectivity index (χ0v) is 12.3. The number of aromatic amines is 2. The first kappa shape index (κ1) is 15.5. The van der Waals surface area contributed by atoms with E-state index in [0.29, 0.717) is 16.7 Å². The number of ether oxygens (including phenoxy) is 1. The van der Waals surface area contributed by atoms with Gasteiger partial charge in [-0.25, -0.2) is 14.0 Å². The molecule has 7 nitrogen and oxygen atoms in total. The zero-order chi connectivity index (χ0) is 17.1. The van der Waals surface area contributed by atoms with Gasteiger partial charge in [-0.05, 0) is 42.5 Å². The molecule has 0 spiro atoms. The van der Waals surface area contributed by atoms with Crippen LogP contribution in [0.25, 0.3) is 11.0 Å². The van der Waals surface area contributed by atoms with Gasteiger partial charge in [0.1, 0.15) is 5.82 Å². The number of benzene rings is 2. The first-order chi connectivity index (χ1) is 11.5. The van der Waals surface area contributed by atoms with E-state index in [0.717, 1.165) is 12.1 Å². The number of anilines is 1. The summed E-state index contributed by atoms with van der Waals surface area (Å²) < 4.78 is 17.6. The molecule has 0 unspecified atom stereocenters. The topological polar surface area (TPSA) is 104 Å². The van der Waals surface area contributed by atoms with Crippen LogP contribution in [0.15, 0.2) is 47.3 Å². The van der Waals surface area contributed by atoms with Crippen LogP contribution in [-0.4, -0.2) is 28.5 Å². The molecule has 24 heavy (non-hydrogen) atoms. The molecule has 0 aliphatic carbocycles. The number of amides is 1. The Hall–Kier alpha value is -3.42. The summed E-state index contributed by atoms with van der Waals surface area (Å²) in [6.07, 6.45) is 0. The van der Waals surface area contributed by atoms with E-state index in [1.165, 1.54) is 12.1 Å². The highest BCUT2D eigenvalue weighted by atomic mass is 19.1. The number of halogens is 1. The quantitative estimate of drug-likeness (QED) is 0.635. The van der Waals surface area contributed by atoms with E-state index in [2.05, 4.69) is 15.3 Å². The maximum absolute atomic E-state index is 12.8. The second kappa shape index (κ2) is 6.37. The number of esters is 1. The van der Waals surface area contributed by atoms with E-state index < -0.39 is 24.3 Å². The molecule has 3 aromatic rings. The van der Waals surface area contributed by atoms with Gasteiger partial charge in [0.25, 0.3) is 5.91 Å². The van der Waals surface area contributed by atoms with Crippen molar-refractivity contribution < 1.29 is 18.7 Å². The number of rotatable bonds is 4. The first-order valence-electron chi connectivity index (χ1n) is 6.96. The smallest absolute Gasteiger partial charge is 0.338 e. The molecule has 0 saturated carbocycles. The lowest BCUT2D eigenvalue weighted by molar-refractivity contribution is -0.119. The van der Waals surface area contributed by atoms with Gasteiger partial charge >= 0.3 is 11.7 Å². The van der Waals surface area contributed by atoms with E-state index in [9.17, 15) is 18.8 Å². The fraction of sp³-hybridized carbons (Fsp3) is 0.0625. The van der Waals surface area contributed by atoms with E-state index in [-0.39, 0.29) is 11.3 Å². The third kappa shape index (κ3) is 3.49. The Bertz CT molecular complexity index is 959. The van der Waals surface area contributed by atoms with Crippen LogP contribution in [0.1, 0.15) is 10.4 Å². The summed E-state index contributed by atoms with van der Waals surface area (Å²) in [5.41, 5.74) is 1.40. The third-order valence-corrected chi connectivity index (χ3v) is 3.21. The van der Waals surface area contributed by atoms with Crippen molar-refractivity contribution in [3.63, 3.8) is 0 Å². The highest BCUT2D eigenvalue weighted by Gasteiger charge is 2.11. The number of H-pyrrole nitrogens is 2. The summed E-state index contributed by atoms with van der Waals surface area (Å²) in [5.74, 6) is -1.74. The van der Waals surface area contributed by atoms with Crippen LogP contribution in [0.3, 0.4) is 0 Å². The van der Waals surface area contributed by atoms with Gasteiger partial charge in [-0.15, -0.1) is 0 Å². The Kier molecular flexibility index (Phi) is 4.11. The van der Waals surface area contributed by atoms with Crippen LogP contribution < -0.4 is 11.0 Å². The first-order valence-corrected chi connectivity index (χ1v) is 6.96. The van der Waals surface area contributed by atoms with Crippen molar-refractivity contribution in [2.45, 2.75) is 0 Å². The van der Waals surface area contributed by atoms with Crippen molar-refractivity contribution in [3.05, 3.63) is 64.3 Å². The van der Waals surface area contributed by atoms with E-state index in [1.54, 1.807) is 18.2 Å². The minimum Gasteiger partial charge on any atom is -0.452 e. The lowest BCUT2D eigenvalue weighted by Gasteiger charge is -2.06. The molecule has 0 atom stereocenters. The number of aromatic nitrogens is 2. The molecule has 1 heterocycles. The Balaban J connectivity index is 1.59. The van der Waals surface area contributed by atoms with E-state index in [1.807, 2.05) is 0 Å². The summed E-state index contributed by atoms with van der Waals surface area (Å²) in [6.45, 7) is -0.488. The molecule has 122 valence electrons. The number of imidazole rings is 1. The molecule has 3 N–H and O–H groups in total. The molecular formula is C16H12FN3O4. The summed E-state index contributed by atoms with van der Waals surface area (Å²) >= 11 is 0. The van der Waals surface area contributed by atoms with Gasteiger partial charge in [0.2, 0.25) is 0 Å². The normalized spacial score (nSPS) is 10.5. The Morgan fingerprint density at radius 1 is 1.04 bits per heavy atom. The molecule has 0 bridgehead atoms. The summed E-state index contributed by atoms with van der Waals surface area (Å²) in [6, 6.07) is 9.61. The molecule has 2 aromatic carbocycles. The number of hydrogen-bond acceptors (Lipinski definition) is 4. The Morgan fingerprint density at radius 2 is 1.75 bits per heavy atom. The zero-order valence-electron chi connectivity index (χ0n) is 12.3. The predicted molar refractivity (Wildman–Crippen MR) is 84.2 cm³/mol. The van der Waals surface area contributed by atoms with Crippen molar-refractivity contribution in [1.29, 1.82) is 0 Å². The maximum atomic E-state index is 12.8. The fourth-order valence-electron chi connectivity index (χ4n) is 2.11. The van der Waals surface area contributed by atoms with Gasteiger partial charge in [0, 0.05) is 5.69 Å². The van der Waals surface area contributed by atoms with Crippen LogP contribution in [0.4, 0.5) is 10.1 Å². The molecule has 3 rings (SSSR count). The van der Waals surface area contributed by atoms with Crippen molar-refractivity contribution in [2.75, 3.05) is 11.9 Å². The number of hydrogen-bond donors (Lipinski definition) is 3. The maximum Gasteiger partial charge on any atom is 0.338 e. The Morgan fingerprint density at radius 3 is 2.50 bits per heavy atom. The largest absolute Gasteiger partial charge is 0.452 e. The number of carbonyl (C=O) groups excluding carboxylic acids is 2. The van der Waals surface area contributed by atoms with Crippen molar-refractivity contribution in [3.8, 4) is 0 Å². The minimum atomic E-state index is -0.726. The summed E-state index contributed by atoms with van der Waals surface area (Å²) in [4.78, 5) is 39.9. The Labute approximate surface area is 134 Å². The van der Waals surface area contributed by atoms with E-state index in [4.69, 9.17) is 4.74 Å². The molecule has 1 aromatic heterocycles. The summed E-state index contributed by atoms with van der Waals surface area (Å²) in [7, 11) is 0. The molecule has 0 saturated heterocycles. The van der Waals surface area contributed by atoms with Gasteiger partial charge in [0.05, 0.1) is 16.6 Å². The lowest BCUT2D eigenvalue weighted by atomic mass is 10.2. The van der Waals surface area contributed by atoms with Gasteiger partial charge in [-0.3, -0.25) is 4.79 Å². The molecule has 0 radical (unpaired) electrons. The molecule has 0 fully saturated rings. The van der Waals surface area contributed by atoms with Crippen molar-refractivity contribution in [2.24, 2.45) is 0 Å². The average molecular weight is 329 g/mol. The summed E-state index contributed by atoms with van der Waals surface area (Å²) in [5, 5.41) is 2.55. The van der Waals surface area contributed by atoms with Crippen LogP contribution in [0.5, 0.6) is 0 Å². The lowest BCUT2D eigenvalue weighted by Crippen LogP contribution is -2.20. The molecule has 0 aliphatic heterocycles. The van der Waals surface area contributed by atoms with Crippen molar-refractivity contribution >= 4 is 28.6 Å². The number of nitrogens with one attached hydrogen (secondary N) is 3. The van der Waals surface area contributed by atoms with Crippen LogP contribution in [0, 0.1) is 5.82 Å². The fourth-order valence-corrected chi connectivity index (χ4v) is 2.11. The monoisotopic (exact) mass is 329 g/mol. The van der Waals surface area contributed by atoms with Gasteiger partial charge in [0.15, 0.2) is 6.61 Å². The standard InChI is InChI=1S/C16H12FN3O4/c17-10-3-1-9(2-4-10)15(22)24-8-14(21)18-11-5-6-12-13(7-11)20-16(23)19-12/h1-7H,8H2,(H,18,21)(H2,19,20,23). The second-order valence-corrected chi connectivity index (χ2v) is 4.97. The molecule has 0 aliphatic rings. The second-order valence-electron chi connectivity index (χ2n) is 4.97.